The van der Waals surface area contributed by atoms with E-state index in [1.165, 1.54) is 13.0 Å². The minimum atomic E-state index is -0.146. The highest BCUT2D eigenvalue weighted by molar-refractivity contribution is 5.97. The fourth-order valence-electron chi connectivity index (χ4n) is 3.82. The second-order valence-electron chi connectivity index (χ2n) is 6.53. The van der Waals surface area contributed by atoms with Crippen LogP contribution in [-0.4, -0.2) is 41.5 Å². The first kappa shape index (κ1) is 14.2. The second-order valence-corrected chi connectivity index (χ2v) is 6.53. The van der Waals surface area contributed by atoms with Gasteiger partial charge in [0.05, 0.1) is 11.6 Å². The van der Waals surface area contributed by atoms with Gasteiger partial charge in [-0.25, -0.2) is 0 Å². The largest absolute Gasteiger partial charge is 0.347 e. The molecule has 23 heavy (non-hydrogen) atoms. The molecule has 0 saturated carbocycles. The molecule has 3 heterocycles. The topological polar surface area (TPSA) is 69.0 Å². The predicted molar refractivity (Wildman–Crippen MR) is 86.9 cm³/mol. The van der Waals surface area contributed by atoms with Gasteiger partial charge in [0.1, 0.15) is 5.69 Å². The highest BCUT2D eigenvalue weighted by Crippen LogP contribution is 2.27. The van der Waals surface area contributed by atoms with Crippen LogP contribution in [0.4, 0.5) is 0 Å². The SMILES string of the molecule is N#Cc1cccc2cnc(C(=O)N[C@@H]3C[C@@H]4CCN(C4)C3)cc12. The molecule has 2 aliphatic heterocycles. The van der Waals surface area contributed by atoms with Crippen LogP contribution in [0.2, 0.25) is 0 Å². The lowest BCUT2D eigenvalue weighted by molar-refractivity contribution is 0.0904. The molecule has 2 aliphatic rings. The minimum absolute atomic E-state index is 0.146. The Balaban J connectivity index is 1.56. The first-order valence-electron chi connectivity index (χ1n) is 8.05. The van der Waals surface area contributed by atoms with E-state index in [2.05, 4.69) is 21.3 Å². The van der Waals surface area contributed by atoms with E-state index in [9.17, 15) is 10.1 Å². The summed E-state index contributed by atoms with van der Waals surface area (Å²) < 4.78 is 0. The molecule has 0 radical (unpaired) electrons. The van der Waals surface area contributed by atoms with Crippen LogP contribution in [0.25, 0.3) is 10.8 Å². The standard InChI is InChI=1S/C18H18N4O/c19-8-13-2-1-3-14-9-20-17(7-16(13)14)18(23)21-15-6-12-4-5-22(10-12)11-15/h1-3,7,9,12,15H,4-6,10-11H2,(H,21,23)/t12-,15+/m0/s1. The third kappa shape index (κ3) is 2.66. The number of hydrogen-bond acceptors (Lipinski definition) is 4. The van der Waals surface area contributed by atoms with Crippen LogP contribution >= 0.6 is 0 Å². The summed E-state index contributed by atoms with van der Waals surface area (Å²) in [5.74, 6) is 0.566. The van der Waals surface area contributed by atoms with Gasteiger partial charge < -0.3 is 10.2 Å². The zero-order valence-electron chi connectivity index (χ0n) is 12.8. The highest BCUT2D eigenvalue weighted by atomic mass is 16.1. The van der Waals surface area contributed by atoms with Gasteiger partial charge in [-0.1, -0.05) is 12.1 Å². The fraction of sp³-hybridized carbons (Fsp3) is 0.389. The summed E-state index contributed by atoms with van der Waals surface area (Å²) in [6.07, 6.45) is 3.96. The summed E-state index contributed by atoms with van der Waals surface area (Å²) in [7, 11) is 0. The van der Waals surface area contributed by atoms with Gasteiger partial charge in [0, 0.05) is 36.1 Å². The molecule has 4 rings (SSSR count). The van der Waals surface area contributed by atoms with Crippen molar-refractivity contribution in [1.82, 2.24) is 15.2 Å². The lowest BCUT2D eigenvalue weighted by Gasteiger charge is -2.30. The van der Waals surface area contributed by atoms with E-state index in [1.807, 2.05) is 12.1 Å². The number of nitrogens with one attached hydrogen (secondary N) is 1. The zero-order chi connectivity index (χ0) is 15.8. The number of nitrogens with zero attached hydrogens (tertiary/aromatic N) is 3. The van der Waals surface area contributed by atoms with Crippen molar-refractivity contribution in [3.63, 3.8) is 0 Å². The van der Waals surface area contributed by atoms with Crippen LogP contribution in [-0.2, 0) is 0 Å². The predicted octanol–water partition coefficient (Wildman–Crippen LogP) is 1.93. The monoisotopic (exact) mass is 306 g/mol. The van der Waals surface area contributed by atoms with Crippen molar-refractivity contribution in [2.75, 3.05) is 19.6 Å². The Morgan fingerprint density at radius 2 is 2.30 bits per heavy atom. The molecular formula is C18H18N4O. The molecule has 1 aromatic carbocycles. The molecule has 5 nitrogen and oxygen atoms in total. The molecular weight excluding hydrogens is 288 g/mol. The van der Waals surface area contributed by atoms with Crippen LogP contribution in [0.1, 0.15) is 28.9 Å². The minimum Gasteiger partial charge on any atom is -0.347 e. The first-order chi connectivity index (χ1) is 11.2. The van der Waals surface area contributed by atoms with Crippen molar-refractivity contribution in [2.45, 2.75) is 18.9 Å². The Morgan fingerprint density at radius 3 is 3.13 bits per heavy atom. The molecule has 2 saturated heterocycles. The van der Waals surface area contributed by atoms with E-state index in [-0.39, 0.29) is 11.9 Å². The van der Waals surface area contributed by atoms with Gasteiger partial charge in [0.2, 0.25) is 0 Å². The smallest absolute Gasteiger partial charge is 0.270 e. The van der Waals surface area contributed by atoms with Gasteiger partial charge in [-0.2, -0.15) is 5.26 Å². The van der Waals surface area contributed by atoms with Crippen LogP contribution in [0.3, 0.4) is 0 Å². The number of aromatic nitrogens is 1. The number of nitriles is 1. The summed E-state index contributed by atoms with van der Waals surface area (Å²) in [6, 6.07) is 9.58. The summed E-state index contributed by atoms with van der Waals surface area (Å²) >= 11 is 0. The zero-order valence-corrected chi connectivity index (χ0v) is 12.8. The maximum atomic E-state index is 12.5. The first-order valence-corrected chi connectivity index (χ1v) is 8.05. The maximum absolute atomic E-state index is 12.5. The lowest BCUT2D eigenvalue weighted by atomic mass is 9.96. The molecule has 2 bridgehead atoms. The quantitative estimate of drug-likeness (QED) is 0.920. The Morgan fingerprint density at radius 1 is 1.39 bits per heavy atom. The Kier molecular flexibility index (Phi) is 3.47. The summed E-state index contributed by atoms with van der Waals surface area (Å²) in [5, 5.41) is 14.0. The fourth-order valence-corrected chi connectivity index (χ4v) is 3.82. The average Bonchev–Trinajstić information content (AvgIpc) is 2.92. The number of hydrogen-bond donors (Lipinski definition) is 1. The Bertz CT molecular complexity index is 798. The Labute approximate surface area is 134 Å². The molecule has 3 atom stereocenters. The Hall–Kier alpha value is -2.45. The van der Waals surface area contributed by atoms with Gasteiger partial charge in [0.15, 0.2) is 0 Å². The van der Waals surface area contributed by atoms with Crippen molar-refractivity contribution in [3.8, 4) is 6.07 Å². The van der Waals surface area contributed by atoms with Gasteiger partial charge in [-0.15, -0.1) is 0 Å². The van der Waals surface area contributed by atoms with Crippen LogP contribution in [0.15, 0.2) is 30.5 Å². The molecule has 1 aromatic heterocycles. The van der Waals surface area contributed by atoms with E-state index in [4.69, 9.17) is 0 Å². The van der Waals surface area contributed by atoms with Gasteiger partial charge in [-0.05, 0) is 37.4 Å². The van der Waals surface area contributed by atoms with Crippen LogP contribution in [0, 0.1) is 17.2 Å². The summed E-state index contributed by atoms with van der Waals surface area (Å²) in [6.45, 7) is 3.25. The molecule has 1 N–H and O–H groups in total. The average molecular weight is 306 g/mol. The number of amides is 1. The van der Waals surface area contributed by atoms with Gasteiger partial charge in [-0.3, -0.25) is 9.78 Å². The number of pyridine rings is 1. The van der Waals surface area contributed by atoms with E-state index in [1.54, 1.807) is 18.3 Å². The summed E-state index contributed by atoms with van der Waals surface area (Å²) in [5.41, 5.74) is 0.953. The van der Waals surface area contributed by atoms with Crippen molar-refractivity contribution in [3.05, 3.63) is 41.7 Å². The number of carbonyl (C=O) groups excluding carboxylic acids is 1. The van der Waals surface area contributed by atoms with Crippen LogP contribution < -0.4 is 5.32 Å². The molecule has 5 heteroatoms. The van der Waals surface area contributed by atoms with E-state index in [0.717, 1.165) is 30.3 Å². The third-order valence-electron chi connectivity index (χ3n) is 4.92. The number of rotatable bonds is 2. The molecule has 1 amide bonds. The van der Waals surface area contributed by atoms with Crippen molar-refractivity contribution in [2.24, 2.45) is 5.92 Å². The molecule has 116 valence electrons. The molecule has 2 aromatic rings. The molecule has 0 aliphatic carbocycles. The van der Waals surface area contributed by atoms with E-state index < -0.39 is 0 Å². The molecule has 1 unspecified atom stereocenters. The van der Waals surface area contributed by atoms with Crippen LogP contribution in [0.5, 0.6) is 0 Å². The van der Waals surface area contributed by atoms with Crippen molar-refractivity contribution in [1.29, 1.82) is 5.26 Å². The van der Waals surface area contributed by atoms with Gasteiger partial charge in [0.25, 0.3) is 5.91 Å². The van der Waals surface area contributed by atoms with Gasteiger partial charge >= 0.3 is 0 Å². The lowest BCUT2D eigenvalue weighted by Crippen LogP contribution is -2.47. The number of fused-ring (bicyclic) bond motifs is 3. The number of piperidine rings is 1. The summed E-state index contributed by atoms with van der Waals surface area (Å²) in [4.78, 5) is 19.2. The molecule has 2 fully saturated rings. The number of benzene rings is 1. The second kappa shape index (κ2) is 5.64. The third-order valence-corrected chi connectivity index (χ3v) is 4.92. The van der Waals surface area contributed by atoms with Crippen molar-refractivity contribution >= 4 is 16.7 Å². The van der Waals surface area contributed by atoms with Crippen molar-refractivity contribution < 1.29 is 4.79 Å². The highest BCUT2D eigenvalue weighted by Gasteiger charge is 2.33. The molecule has 0 spiro atoms. The number of carbonyl (C=O) groups is 1. The van der Waals surface area contributed by atoms with E-state index >= 15 is 0 Å². The van der Waals surface area contributed by atoms with E-state index in [0.29, 0.717) is 17.2 Å². The maximum Gasteiger partial charge on any atom is 0.270 e. The normalized spacial score (nSPS) is 26.0.